The molecule has 1 aromatic rings. The van der Waals surface area contributed by atoms with Gasteiger partial charge in [-0.1, -0.05) is 0 Å². The molecule has 1 unspecified atom stereocenters. The number of hydrogen-bond donors (Lipinski definition) is 2. The Labute approximate surface area is 113 Å². The van der Waals surface area contributed by atoms with Crippen LogP contribution in [0.1, 0.15) is 17.2 Å². The van der Waals surface area contributed by atoms with Crippen molar-refractivity contribution >= 4 is 0 Å². The summed E-state index contributed by atoms with van der Waals surface area (Å²) in [6.45, 7) is 2.87. The second kappa shape index (κ2) is 5.36. The third kappa shape index (κ3) is 2.29. The van der Waals surface area contributed by atoms with Crippen molar-refractivity contribution in [3.05, 3.63) is 23.3 Å². The van der Waals surface area contributed by atoms with E-state index in [1.807, 2.05) is 19.1 Å². The molecule has 3 N–H and O–H groups in total. The highest BCUT2D eigenvalue weighted by Crippen LogP contribution is 2.43. The van der Waals surface area contributed by atoms with Gasteiger partial charge in [0.05, 0.1) is 39.5 Å². The average molecular weight is 267 g/mol. The van der Waals surface area contributed by atoms with Crippen molar-refractivity contribution in [2.24, 2.45) is 11.1 Å². The van der Waals surface area contributed by atoms with Crippen molar-refractivity contribution in [2.45, 2.75) is 13.0 Å². The standard InChI is InChI=1S/C14H21NO4/c1-9-4-12(18-3)10(5-11(9)17-2)13(15)14(6-16)7-19-8-14/h4-5,13,16H,6-8,15H2,1-3H3. The summed E-state index contributed by atoms with van der Waals surface area (Å²) in [6.07, 6.45) is 0. The van der Waals surface area contributed by atoms with E-state index in [0.717, 1.165) is 16.9 Å². The summed E-state index contributed by atoms with van der Waals surface area (Å²) in [4.78, 5) is 0. The largest absolute Gasteiger partial charge is 0.496 e. The molecule has 2 rings (SSSR count). The van der Waals surface area contributed by atoms with Gasteiger partial charge in [-0.15, -0.1) is 0 Å². The molecule has 1 saturated heterocycles. The van der Waals surface area contributed by atoms with Crippen molar-refractivity contribution in [2.75, 3.05) is 34.0 Å². The van der Waals surface area contributed by atoms with E-state index in [0.29, 0.717) is 19.0 Å². The lowest BCUT2D eigenvalue weighted by atomic mass is 9.76. The second-order valence-electron chi connectivity index (χ2n) is 5.05. The lowest BCUT2D eigenvalue weighted by molar-refractivity contribution is -0.150. The zero-order chi connectivity index (χ0) is 14.0. The van der Waals surface area contributed by atoms with E-state index in [1.54, 1.807) is 14.2 Å². The maximum atomic E-state index is 9.58. The van der Waals surface area contributed by atoms with Crippen LogP contribution in [0.5, 0.6) is 11.5 Å². The van der Waals surface area contributed by atoms with Crippen LogP contribution in [0, 0.1) is 12.3 Å². The van der Waals surface area contributed by atoms with Crippen LogP contribution >= 0.6 is 0 Å². The van der Waals surface area contributed by atoms with Crippen LogP contribution in [0.2, 0.25) is 0 Å². The topological polar surface area (TPSA) is 73.9 Å². The van der Waals surface area contributed by atoms with Crippen molar-refractivity contribution < 1.29 is 19.3 Å². The zero-order valence-corrected chi connectivity index (χ0v) is 11.6. The van der Waals surface area contributed by atoms with E-state index in [9.17, 15) is 5.11 Å². The molecule has 0 aromatic heterocycles. The predicted molar refractivity (Wildman–Crippen MR) is 71.5 cm³/mol. The summed E-state index contributed by atoms with van der Waals surface area (Å²) in [5.74, 6) is 1.48. The first kappa shape index (κ1) is 14.1. The zero-order valence-electron chi connectivity index (χ0n) is 11.6. The van der Waals surface area contributed by atoms with E-state index >= 15 is 0 Å². The Morgan fingerprint density at radius 3 is 2.37 bits per heavy atom. The van der Waals surface area contributed by atoms with Gasteiger partial charge in [0.15, 0.2) is 0 Å². The molecule has 106 valence electrons. The van der Waals surface area contributed by atoms with E-state index in [4.69, 9.17) is 19.9 Å². The highest BCUT2D eigenvalue weighted by molar-refractivity contribution is 5.48. The van der Waals surface area contributed by atoms with Crippen molar-refractivity contribution in [1.82, 2.24) is 0 Å². The number of methoxy groups -OCH3 is 2. The highest BCUT2D eigenvalue weighted by atomic mass is 16.5. The Morgan fingerprint density at radius 1 is 1.32 bits per heavy atom. The number of benzene rings is 1. The highest BCUT2D eigenvalue weighted by Gasteiger charge is 2.45. The Bertz CT molecular complexity index is 451. The number of nitrogens with two attached hydrogens (primary N) is 1. The molecule has 0 bridgehead atoms. The molecule has 0 aliphatic carbocycles. The molecular weight excluding hydrogens is 246 g/mol. The fraction of sp³-hybridized carbons (Fsp3) is 0.571. The van der Waals surface area contributed by atoms with Gasteiger partial charge in [-0.2, -0.15) is 0 Å². The fourth-order valence-corrected chi connectivity index (χ4v) is 2.38. The molecular formula is C14H21NO4. The Hall–Kier alpha value is -1.30. The Balaban J connectivity index is 2.42. The second-order valence-corrected chi connectivity index (χ2v) is 5.05. The summed E-state index contributed by atoms with van der Waals surface area (Å²) >= 11 is 0. The molecule has 1 heterocycles. The van der Waals surface area contributed by atoms with Crippen LogP contribution in [-0.2, 0) is 4.74 Å². The van der Waals surface area contributed by atoms with E-state index < -0.39 is 5.41 Å². The number of ether oxygens (including phenoxy) is 3. The average Bonchev–Trinajstić information content (AvgIpc) is 2.37. The van der Waals surface area contributed by atoms with Crippen LogP contribution in [0.15, 0.2) is 12.1 Å². The van der Waals surface area contributed by atoms with Gasteiger partial charge in [0.2, 0.25) is 0 Å². The van der Waals surface area contributed by atoms with Gasteiger partial charge in [-0.05, 0) is 24.6 Å². The van der Waals surface area contributed by atoms with Crippen LogP contribution < -0.4 is 15.2 Å². The first-order chi connectivity index (χ1) is 9.07. The molecule has 0 radical (unpaired) electrons. The van der Waals surface area contributed by atoms with E-state index in [1.165, 1.54) is 0 Å². The van der Waals surface area contributed by atoms with Gasteiger partial charge in [0.1, 0.15) is 11.5 Å². The number of rotatable bonds is 5. The summed E-state index contributed by atoms with van der Waals surface area (Å²) < 4.78 is 15.9. The van der Waals surface area contributed by atoms with Gasteiger partial charge >= 0.3 is 0 Å². The van der Waals surface area contributed by atoms with Crippen LogP contribution in [-0.4, -0.2) is 39.1 Å². The normalized spacial score (nSPS) is 18.6. The van der Waals surface area contributed by atoms with Crippen LogP contribution in [0.4, 0.5) is 0 Å². The molecule has 5 heteroatoms. The van der Waals surface area contributed by atoms with Gasteiger partial charge in [-0.25, -0.2) is 0 Å². The van der Waals surface area contributed by atoms with Crippen LogP contribution in [0.25, 0.3) is 0 Å². The quantitative estimate of drug-likeness (QED) is 0.833. The van der Waals surface area contributed by atoms with Crippen molar-refractivity contribution in [1.29, 1.82) is 0 Å². The molecule has 1 aliphatic rings. The number of aliphatic hydroxyl groups excluding tert-OH is 1. The SMILES string of the molecule is COc1cc(C(N)C2(CO)COC2)c(OC)cc1C. The predicted octanol–water partition coefficient (Wildman–Crippen LogP) is 1.02. The monoisotopic (exact) mass is 267 g/mol. The maximum Gasteiger partial charge on any atom is 0.124 e. The summed E-state index contributed by atoms with van der Waals surface area (Å²) in [7, 11) is 3.23. The molecule has 1 aliphatic heterocycles. The minimum Gasteiger partial charge on any atom is -0.496 e. The smallest absolute Gasteiger partial charge is 0.124 e. The maximum absolute atomic E-state index is 9.58. The third-order valence-electron chi connectivity index (χ3n) is 3.84. The van der Waals surface area contributed by atoms with E-state index in [2.05, 4.69) is 0 Å². The van der Waals surface area contributed by atoms with Gasteiger partial charge in [0, 0.05) is 11.6 Å². The Morgan fingerprint density at radius 2 is 1.95 bits per heavy atom. The summed E-state index contributed by atoms with van der Waals surface area (Å²) in [5, 5.41) is 9.58. The van der Waals surface area contributed by atoms with Crippen molar-refractivity contribution in [3.63, 3.8) is 0 Å². The van der Waals surface area contributed by atoms with Crippen molar-refractivity contribution in [3.8, 4) is 11.5 Å². The number of aryl methyl sites for hydroxylation is 1. The lowest BCUT2D eigenvalue weighted by Crippen LogP contribution is -2.52. The van der Waals surface area contributed by atoms with Gasteiger partial charge < -0.3 is 25.1 Å². The molecule has 1 aromatic carbocycles. The number of hydrogen-bond acceptors (Lipinski definition) is 5. The first-order valence-electron chi connectivity index (χ1n) is 6.24. The molecule has 0 amide bonds. The fourth-order valence-electron chi connectivity index (χ4n) is 2.38. The minimum absolute atomic E-state index is 0.00644. The molecule has 1 fully saturated rings. The Kier molecular flexibility index (Phi) is 3.99. The van der Waals surface area contributed by atoms with Gasteiger partial charge in [0.25, 0.3) is 0 Å². The molecule has 0 spiro atoms. The molecule has 5 nitrogen and oxygen atoms in total. The summed E-state index contributed by atoms with van der Waals surface area (Å²) in [5.41, 5.74) is 7.72. The van der Waals surface area contributed by atoms with E-state index in [-0.39, 0.29) is 12.6 Å². The lowest BCUT2D eigenvalue weighted by Gasteiger charge is -2.44. The molecule has 0 saturated carbocycles. The number of aliphatic hydroxyl groups is 1. The third-order valence-corrected chi connectivity index (χ3v) is 3.84. The minimum atomic E-state index is -0.423. The molecule has 19 heavy (non-hydrogen) atoms. The summed E-state index contributed by atoms with van der Waals surface area (Å²) in [6, 6.07) is 3.43. The van der Waals surface area contributed by atoms with Crippen LogP contribution in [0.3, 0.4) is 0 Å². The van der Waals surface area contributed by atoms with Gasteiger partial charge in [-0.3, -0.25) is 0 Å². The first-order valence-corrected chi connectivity index (χ1v) is 6.24. The molecule has 1 atom stereocenters.